The van der Waals surface area contributed by atoms with Crippen molar-refractivity contribution in [3.63, 3.8) is 0 Å². The fraction of sp³-hybridized carbons (Fsp3) is 0.351. The van der Waals surface area contributed by atoms with Crippen molar-refractivity contribution in [1.82, 2.24) is 34.5 Å². The summed E-state index contributed by atoms with van der Waals surface area (Å²) in [6.45, 7) is 5.02. The summed E-state index contributed by atoms with van der Waals surface area (Å²) in [5.74, 6) is -1.38. The standard InChI is InChI=1S/C37H46N8O9S2/c1-2-20-53-22-23-54-21-4-16-43-55(49,50)31-10-5-27(6-11-31)28-7-12-32(13-8-28)56(51,52)44-33(36(47)48)26-41-35(46)29-9-14-34-30(24-29)25-42-45(34)19-3-15-38-37-39-17-18-40-37/h5-14,17-18,24-25,33,43-44H,2-4,15-16,19-23,26H2,1H3,(H,41,46)(H,47,48)(H2,38,39,40)/t33-/m0/s1. The Morgan fingerprint density at radius 1 is 0.857 bits per heavy atom. The van der Waals surface area contributed by atoms with E-state index in [9.17, 15) is 31.5 Å². The molecule has 3 aromatic carbocycles. The number of anilines is 1. The van der Waals surface area contributed by atoms with Crippen LogP contribution in [0.25, 0.3) is 22.0 Å². The van der Waals surface area contributed by atoms with Crippen molar-refractivity contribution in [2.75, 3.05) is 51.4 Å². The normalized spacial score (nSPS) is 12.4. The molecule has 0 aliphatic heterocycles. The molecule has 5 aromatic rings. The van der Waals surface area contributed by atoms with Crippen molar-refractivity contribution in [2.45, 2.75) is 48.6 Å². The Hall–Kier alpha value is -5.18. The van der Waals surface area contributed by atoms with E-state index in [4.69, 9.17) is 9.47 Å². The number of aryl methyl sites for hydroxylation is 1. The number of carbonyl (C=O) groups is 2. The molecule has 0 radical (unpaired) electrons. The highest BCUT2D eigenvalue weighted by Gasteiger charge is 2.26. The van der Waals surface area contributed by atoms with Gasteiger partial charge in [0.2, 0.25) is 20.0 Å². The van der Waals surface area contributed by atoms with Crippen LogP contribution in [0.5, 0.6) is 0 Å². The number of rotatable bonds is 24. The number of hydrogen-bond donors (Lipinski definition) is 6. The maximum Gasteiger partial charge on any atom is 0.323 e. The van der Waals surface area contributed by atoms with Gasteiger partial charge in [-0.1, -0.05) is 31.2 Å². The van der Waals surface area contributed by atoms with Crippen molar-refractivity contribution >= 4 is 48.8 Å². The van der Waals surface area contributed by atoms with Crippen molar-refractivity contribution < 1.29 is 41.0 Å². The van der Waals surface area contributed by atoms with E-state index in [1.165, 1.54) is 36.4 Å². The maximum atomic E-state index is 13.2. The first-order valence-electron chi connectivity index (χ1n) is 18.0. The molecule has 0 aliphatic carbocycles. The molecular formula is C37H46N8O9S2. The third-order valence-electron chi connectivity index (χ3n) is 8.44. The molecule has 6 N–H and O–H groups in total. The van der Waals surface area contributed by atoms with E-state index < -0.39 is 44.5 Å². The van der Waals surface area contributed by atoms with Crippen LogP contribution in [0.1, 0.15) is 36.5 Å². The third kappa shape index (κ3) is 11.9. The highest BCUT2D eigenvalue weighted by molar-refractivity contribution is 7.89. The highest BCUT2D eigenvalue weighted by atomic mass is 32.2. The topological polar surface area (TPSA) is 236 Å². The van der Waals surface area contributed by atoms with Gasteiger partial charge in [-0.15, -0.1) is 0 Å². The van der Waals surface area contributed by atoms with Gasteiger partial charge in [-0.3, -0.25) is 14.3 Å². The summed E-state index contributed by atoms with van der Waals surface area (Å²) in [7, 11) is -8.07. The van der Waals surface area contributed by atoms with Gasteiger partial charge >= 0.3 is 5.97 Å². The number of carboxylic acid groups (broad SMARTS) is 1. The molecule has 0 saturated carbocycles. The summed E-state index contributed by atoms with van der Waals surface area (Å²) in [5.41, 5.74) is 2.31. The summed E-state index contributed by atoms with van der Waals surface area (Å²) >= 11 is 0. The highest BCUT2D eigenvalue weighted by Crippen LogP contribution is 2.23. The molecule has 2 aromatic heterocycles. The second kappa shape index (κ2) is 20.1. The van der Waals surface area contributed by atoms with Crippen LogP contribution in [0.4, 0.5) is 5.95 Å². The number of aromatic nitrogens is 4. The molecule has 1 amide bonds. The van der Waals surface area contributed by atoms with Crippen molar-refractivity contribution in [3.8, 4) is 11.1 Å². The van der Waals surface area contributed by atoms with Crippen molar-refractivity contribution in [2.24, 2.45) is 0 Å². The zero-order valence-electron chi connectivity index (χ0n) is 30.8. The van der Waals surface area contributed by atoms with Crippen LogP contribution in [-0.2, 0) is 40.9 Å². The molecule has 0 bridgehead atoms. The smallest absolute Gasteiger partial charge is 0.323 e. The minimum atomic E-state index is -4.32. The van der Waals surface area contributed by atoms with Gasteiger partial charge in [0, 0.05) is 62.7 Å². The number of benzene rings is 3. The number of ether oxygens (including phenoxy) is 2. The lowest BCUT2D eigenvalue weighted by molar-refractivity contribution is -0.138. The number of nitrogens with zero attached hydrogens (tertiary/aromatic N) is 3. The number of hydrogen-bond acceptors (Lipinski definition) is 11. The number of nitrogens with one attached hydrogen (secondary N) is 5. The first kappa shape index (κ1) is 42.0. The molecule has 19 heteroatoms. The maximum absolute atomic E-state index is 13.2. The molecule has 17 nitrogen and oxygen atoms in total. The number of fused-ring (bicyclic) bond motifs is 1. The predicted octanol–water partition coefficient (Wildman–Crippen LogP) is 3.20. The Morgan fingerprint density at radius 2 is 1.54 bits per heavy atom. The molecule has 5 rings (SSSR count). The first-order valence-corrected chi connectivity index (χ1v) is 21.0. The number of carbonyl (C=O) groups excluding carboxylic acids is 1. The molecule has 300 valence electrons. The average molecular weight is 811 g/mol. The largest absolute Gasteiger partial charge is 0.480 e. The number of aliphatic carboxylic acids is 1. The van der Waals surface area contributed by atoms with Crippen LogP contribution < -0.4 is 20.1 Å². The minimum absolute atomic E-state index is 0.0728. The summed E-state index contributed by atoms with van der Waals surface area (Å²) in [5, 5.41) is 20.6. The zero-order chi connectivity index (χ0) is 40.0. The minimum Gasteiger partial charge on any atom is -0.480 e. The summed E-state index contributed by atoms with van der Waals surface area (Å²) in [6.07, 6.45) is 7.22. The molecule has 56 heavy (non-hydrogen) atoms. The summed E-state index contributed by atoms with van der Waals surface area (Å²) < 4.78 is 69.1. The van der Waals surface area contributed by atoms with Crippen molar-refractivity contribution in [3.05, 3.63) is 90.9 Å². The summed E-state index contributed by atoms with van der Waals surface area (Å²) in [4.78, 5) is 32.0. The number of imidazole rings is 1. The zero-order valence-corrected chi connectivity index (χ0v) is 32.4. The van der Waals surface area contributed by atoms with E-state index in [0.29, 0.717) is 68.4 Å². The molecule has 0 fully saturated rings. The Kier molecular flexibility index (Phi) is 15.1. The molecule has 1 atom stereocenters. The van der Waals surface area contributed by atoms with Crippen LogP contribution >= 0.6 is 0 Å². The molecule has 0 aliphatic rings. The number of sulfonamides is 2. The average Bonchev–Trinajstić information content (AvgIpc) is 3.87. The van der Waals surface area contributed by atoms with E-state index in [0.717, 1.165) is 18.4 Å². The van der Waals surface area contributed by atoms with Crippen LogP contribution in [0, 0.1) is 0 Å². The second-order valence-corrected chi connectivity index (χ2v) is 16.1. The lowest BCUT2D eigenvalue weighted by Crippen LogP contribution is -2.48. The summed E-state index contributed by atoms with van der Waals surface area (Å²) in [6, 6.07) is 15.1. The predicted molar refractivity (Wildman–Crippen MR) is 209 cm³/mol. The fourth-order valence-corrected chi connectivity index (χ4v) is 7.78. The van der Waals surface area contributed by atoms with Gasteiger partial charge in [0.1, 0.15) is 6.04 Å². The molecule has 0 unspecified atom stereocenters. The second-order valence-electron chi connectivity index (χ2n) is 12.6. The van der Waals surface area contributed by atoms with Gasteiger partial charge in [-0.2, -0.15) is 9.82 Å². The SMILES string of the molecule is CCCOCCOCCCNS(=O)(=O)c1ccc(-c2ccc(S(=O)(=O)N[C@@H](CNC(=O)c3ccc4c(cnn4CCCNc4ncc[nH]4)c3)C(=O)O)cc2)cc1. The van der Waals surface area contributed by atoms with E-state index in [1.54, 1.807) is 48.9 Å². The van der Waals surface area contributed by atoms with Gasteiger partial charge in [0.15, 0.2) is 5.95 Å². The number of amides is 1. The van der Waals surface area contributed by atoms with E-state index >= 15 is 0 Å². The van der Waals surface area contributed by atoms with E-state index in [2.05, 4.69) is 35.1 Å². The monoisotopic (exact) mass is 810 g/mol. The Bertz CT molecular complexity index is 2250. The van der Waals surface area contributed by atoms with Gasteiger partial charge < -0.3 is 30.2 Å². The van der Waals surface area contributed by atoms with Crippen molar-refractivity contribution in [1.29, 1.82) is 0 Å². The Balaban J connectivity index is 1.10. The van der Waals surface area contributed by atoms with Crippen LogP contribution in [0.15, 0.2) is 95.1 Å². The van der Waals surface area contributed by atoms with Crippen LogP contribution in [0.2, 0.25) is 0 Å². The lowest BCUT2D eigenvalue weighted by atomic mass is 10.1. The Morgan fingerprint density at radius 3 is 2.18 bits per heavy atom. The first-order chi connectivity index (χ1) is 27.0. The van der Waals surface area contributed by atoms with Gasteiger partial charge in [0.05, 0.1) is 34.7 Å². The molecular weight excluding hydrogens is 765 g/mol. The molecule has 0 saturated heterocycles. The lowest BCUT2D eigenvalue weighted by Gasteiger charge is -2.16. The Labute approximate surface area is 325 Å². The van der Waals surface area contributed by atoms with Gasteiger partial charge in [-0.25, -0.2) is 26.5 Å². The quantitative estimate of drug-likeness (QED) is 0.0493. The van der Waals surface area contributed by atoms with Gasteiger partial charge in [0.25, 0.3) is 5.91 Å². The molecule has 2 heterocycles. The number of aromatic amines is 1. The fourth-order valence-electron chi connectivity index (χ4n) is 5.52. The third-order valence-corrected chi connectivity index (χ3v) is 11.4. The number of H-pyrrole nitrogens is 1. The van der Waals surface area contributed by atoms with E-state index in [-0.39, 0.29) is 21.9 Å². The van der Waals surface area contributed by atoms with E-state index in [1.807, 2.05) is 11.6 Å². The number of carboxylic acids is 1. The van der Waals surface area contributed by atoms with Crippen LogP contribution in [-0.4, -0.2) is 106 Å². The van der Waals surface area contributed by atoms with Gasteiger partial charge in [-0.05, 0) is 72.9 Å². The van der Waals surface area contributed by atoms with Crippen LogP contribution in [0.3, 0.4) is 0 Å². The molecule has 0 spiro atoms.